The molecule has 0 aromatic carbocycles. The van der Waals surface area contributed by atoms with Crippen LogP contribution in [-0.4, -0.2) is 48.4 Å². The molecule has 0 bridgehead atoms. The maximum Gasteiger partial charge on any atom is 0.246 e. The van der Waals surface area contributed by atoms with Crippen LogP contribution < -0.4 is 5.32 Å². The van der Waals surface area contributed by atoms with Crippen molar-refractivity contribution >= 4 is 17.7 Å². The fourth-order valence-corrected chi connectivity index (χ4v) is 2.08. The summed E-state index contributed by atoms with van der Waals surface area (Å²) in [6.07, 6.45) is 0.527. The van der Waals surface area contributed by atoms with Gasteiger partial charge in [-0.15, -0.1) is 0 Å². The van der Waals surface area contributed by atoms with E-state index in [2.05, 4.69) is 5.32 Å². The third kappa shape index (κ3) is 2.06. The Balaban J connectivity index is 2.03. The van der Waals surface area contributed by atoms with E-state index in [0.717, 1.165) is 0 Å². The highest BCUT2D eigenvalue weighted by Crippen LogP contribution is 2.22. The number of nitrogens with one attached hydrogen (secondary N) is 1. The predicted octanol–water partition coefficient (Wildman–Crippen LogP) is -1.10. The van der Waals surface area contributed by atoms with Gasteiger partial charge in [0.2, 0.25) is 17.7 Å². The van der Waals surface area contributed by atoms with Gasteiger partial charge in [0.1, 0.15) is 13.1 Å². The average Bonchev–Trinajstić information content (AvgIpc) is 2.62. The summed E-state index contributed by atoms with van der Waals surface area (Å²) in [6.45, 7) is 2.33. The number of hydrogen-bond donors (Lipinski definition) is 1. The van der Waals surface area contributed by atoms with Crippen LogP contribution in [0.2, 0.25) is 0 Å². The summed E-state index contributed by atoms with van der Waals surface area (Å²) in [5.74, 6) is -1.22. The molecule has 0 radical (unpaired) electrons. The molecule has 2 rings (SSSR count). The van der Waals surface area contributed by atoms with E-state index in [9.17, 15) is 14.4 Å². The summed E-state index contributed by atoms with van der Waals surface area (Å²) in [5, 5.41) is 2.16. The second kappa shape index (κ2) is 4.21. The van der Waals surface area contributed by atoms with E-state index in [1.807, 2.05) is 6.92 Å². The summed E-state index contributed by atoms with van der Waals surface area (Å²) < 4.78 is 5.30. The van der Waals surface area contributed by atoms with Gasteiger partial charge in [-0.2, -0.15) is 0 Å². The summed E-state index contributed by atoms with van der Waals surface area (Å²) >= 11 is 0. The quantitative estimate of drug-likeness (QED) is 0.576. The van der Waals surface area contributed by atoms with Crippen LogP contribution in [0.1, 0.15) is 13.3 Å². The van der Waals surface area contributed by atoms with E-state index < -0.39 is 11.8 Å². The molecule has 3 amide bonds. The highest BCUT2D eigenvalue weighted by atomic mass is 16.5. The Morgan fingerprint density at radius 3 is 2.50 bits per heavy atom. The minimum absolute atomic E-state index is 0.0339. The summed E-state index contributed by atoms with van der Waals surface area (Å²) in [4.78, 5) is 35.6. The van der Waals surface area contributed by atoms with Crippen LogP contribution >= 0.6 is 0 Å². The van der Waals surface area contributed by atoms with Crippen molar-refractivity contribution in [3.05, 3.63) is 0 Å². The predicted molar refractivity (Wildman–Crippen MR) is 53.3 cm³/mol. The molecule has 2 fully saturated rings. The fraction of sp³-hybridized carbons (Fsp3) is 0.700. The monoisotopic (exact) mass is 226 g/mol. The van der Waals surface area contributed by atoms with Gasteiger partial charge in [-0.1, -0.05) is 0 Å². The lowest BCUT2D eigenvalue weighted by atomic mass is 10.0. The smallest absolute Gasteiger partial charge is 0.246 e. The lowest BCUT2D eigenvalue weighted by Gasteiger charge is -2.28. The Labute approximate surface area is 92.9 Å². The molecule has 6 heteroatoms. The van der Waals surface area contributed by atoms with Crippen LogP contribution in [-0.2, 0) is 19.1 Å². The summed E-state index contributed by atoms with van der Waals surface area (Å²) in [7, 11) is 0. The molecule has 2 heterocycles. The molecule has 2 aliphatic rings. The van der Waals surface area contributed by atoms with Crippen molar-refractivity contribution in [2.24, 2.45) is 5.92 Å². The molecule has 2 atom stereocenters. The van der Waals surface area contributed by atoms with Crippen molar-refractivity contribution in [3.63, 3.8) is 0 Å². The van der Waals surface area contributed by atoms with Crippen LogP contribution in [0, 0.1) is 5.92 Å². The minimum Gasteiger partial charge on any atom is -0.378 e. The first-order valence-electron chi connectivity index (χ1n) is 5.31. The molecule has 0 aliphatic carbocycles. The number of amides is 3. The molecule has 2 aliphatic heterocycles. The zero-order chi connectivity index (χ0) is 11.7. The lowest BCUT2D eigenvalue weighted by molar-refractivity contribution is -0.148. The first-order valence-corrected chi connectivity index (χ1v) is 5.31. The second-order valence-corrected chi connectivity index (χ2v) is 4.14. The Morgan fingerprint density at radius 1 is 1.38 bits per heavy atom. The van der Waals surface area contributed by atoms with E-state index in [4.69, 9.17) is 4.74 Å². The zero-order valence-corrected chi connectivity index (χ0v) is 9.06. The number of hydrogen-bond acceptors (Lipinski definition) is 4. The van der Waals surface area contributed by atoms with E-state index >= 15 is 0 Å². The third-order valence-electron chi connectivity index (χ3n) is 2.95. The number of rotatable bonds is 1. The normalized spacial score (nSPS) is 30.4. The van der Waals surface area contributed by atoms with Crippen molar-refractivity contribution in [1.82, 2.24) is 10.2 Å². The molecule has 0 saturated carbocycles. The largest absolute Gasteiger partial charge is 0.378 e. The van der Waals surface area contributed by atoms with Crippen molar-refractivity contribution in [2.45, 2.75) is 19.4 Å². The standard InChI is InChI=1S/C10H14N2O4/c1-6-7(2-3-16-6)10(15)12-4-8(13)11-9(14)5-12/h6-7H,2-5H2,1H3,(H,11,13,14). The van der Waals surface area contributed by atoms with Gasteiger partial charge in [0.15, 0.2) is 0 Å². The van der Waals surface area contributed by atoms with Crippen LogP contribution in [0.3, 0.4) is 0 Å². The van der Waals surface area contributed by atoms with Gasteiger partial charge in [0.25, 0.3) is 0 Å². The zero-order valence-electron chi connectivity index (χ0n) is 9.06. The van der Waals surface area contributed by atoms with E-state index in [1.54, 1.807) is 0 Å². The molecule has 88 valence electrons. The first-order chi connectivity index (χ1) is 7.58. The molecule has 16 heavy (non-hydrogen) atoms. The maximum absolute atomic E-state index is 12.0. The lowest BCUT2D eigenvalue weighted by Crippen LogP contribution is -2.55. The van der Waals surface area contributed by atoms with Crippen molar-refractivity contribution in [2.75, 3.05) is 19.7 Å². The van der Waals surface area contributed by atoms with Crippen LogP contribution in [0.5, 0.6) is 0 Å². The Kier molecular flexibility index (Phi) is 2.91. The molecule has 2 saturated heterocycles. The number of nitrogens with zero attached hydrogens (tertiary/aromatic N) is 1. The molecule has 2 unspecified atom stereocenters. The summed E-state index contributed by atoms with van der Waals surface area (Å²) in [6, 6.07) is 0. The van der Waals surface area contributed by atoms with E-state index in [0.29, 0.717) is 13.0 Å². The molecule has 6 nitrogen and oxygen atoms in total. The highest BCUT2D eigenvalue weighted by molar-refractivity contribution is 6.02. The van der Waals surface area contributed by atoms with Gasteiger partial charge >= 0.3 is 0 Å². The molecular weight excluding hydrogens is 212 g/mol. The maximum atomic E-state index is 12.0. The topological polar surface area (TPSA) is 75.7 Å². The van der Waals surface area contributed by atoms with Gasteiger partial charge in [0, 0.05) is 6.61 Å². The number of piperazine rings is 1. The van der Waals surface area contributed by atoms with Gasteiger partial charge in [-0.3, -0.25) is 19.7 Å². The molecule has 1 N–H and O–H groups in total. The highest BCUT2D eigenvalue weighted by Gasteiger charge is 2.36. The number of carbonyl (C=O) groups is 3. The van der Waals surface area contributed by atoms with Crippen LogP contribution in [0.15, 0.2) is 0 Å². The van der Waals surface area contributed by atoms with Gasteiger partial charge in [0.05, 0.1) is 12.0 Å². The van der Waals surface area contributed by atoms with Gasteiger partial charge < -0.3 is 9.64 Å². The van der Waals surface area contributed by atoms with Crippen LogP contribution in [0.4, 0.5) is 0 Å². The Morgan fingerprint density at radius 2 is 2.00 bits per heavy atom. The Bertz CT molecular complexity index is 326. The average molecular weight is 226 g/mol. The minimum atomic E-state index is -0.420. The number of carbonyl (C=O) groups excluding carboxylic acids is 3. The number of imide groups is 1. The van der Waals surface area contributed by atoms with Crippen LogP contribution in [0.25, 0.3) is 0 Å². The van der Waals surface area contributed by atoms with Gasteiger partial charge in [-0.05, 0) is 13.3 Å². The SMILES string of the molecule is CC1OCCC1C(=O)N1CC(=O)NC(=O)C1. The molecule has 0 aromatic heterocycles. The third-order valence-corrected chi connectivity index (χ3v) is 2.95. The molecule has 0 spiro atoms. The van der Waals surface area contributed by atoms with Gasteiger partial charge in [-0.25, -0.2) is 0 Å². The van der Waals surface area contributed by atoms with Crippen molar-refractivity contribution in [1.29, 1.82) is 0 Å². The summed E-state index contributed by atoms with van der Waals surface area (Å²) in [5.41, 5.74) is 0. The molecule has 0 aromatic rings. The van der Waals surface area contributed by atoms with E-state index in [1.165, 1.54) is 4.90 Å². The first kappa shape index (κ1) is 11.1. The fourth-order valence-electron chi connectivity index (χ4n) is 2.08. The molecular formula is C10H14N2O4. The van der Waals surface area contributed by atoms with E-state index in [-0.39, 0.29) is 31.0 Å². The Hall–Kier alpha value is -1.43. The van der Waals surface area contributed by atoms with Crippen molar-refractivity contribution < 1.29 is 19.1 Å². The second-order valence-electron chi connectivity index (χ2n) is 4.14. The number of ether oxygens (including phenoxy) is 1. The van der Waals surface area contributed by atoms with Crippen molar-refractivity contribution in [3.8, 4) is 0 Å².